The Hall–Kier alpha value is -3.15. The minimum Gasteiger partial charge on any atom is -0.356 e. The third-order valence-electron chi connectivity index (χ3n) is 4.26. The maximum atomic E-state index is 4.30. The second-order valence-electron chi connectivity index (χ2n) is 6.35. The van der Waals surface area contributed by atoms with E-state index in [1.807, 2.05) is 4.68 Å². The van der Waals surface area contributed by atoms with Crippen LogP contribution in [0.4, 0.5) is 0 Å². The van der Waals surface area contributed by atoms with E-state index in [1.165, 1.54) is 16.7 Å². The molecule has 0 spiro atoms. The summed E-state index contributed by atoms with van der Waals surface area (Å²) in [5.74, 6) is 0.824. The van der Waals surface area contributed by atoms with Crippen LogP contribution in [0.5, 0.6) is 0 Å². The van der Waals surface area contributed by atoms with Gasteiger partial charge in [-0.2, -0.15) is 5.10 Å². The zero-order chi connectivity index (χ0) is 18.7. The molecule has 27 heavy (non-hydrogen) atoms. The summed E-state index contributed by atoms with van der Waals surface area (Å²) in [6.45, 7) is 2.34. The van der Waals surface area contributed by atoms with Crippen LogP contribution in [0.25, 0.3) is 0 Å². The molecule has 3 rings (SSSR count). The highest BCUT2D eigenvalue weighted by Gasteiger charge is 2.01. The number of guanidine groups is 1. The number of aliphatic imine (C=N–C) groups is 1. The second-order valence-corrected chi connectivity index (χ2v) is 6.35. The van der Waals surface area contributed by atoms with Crippen LogP contribution in [0.2, 0.25) is 0 Å². The van der Waals surface area contributed by atoms with Crippen molar-refractivity contribution in [2.75, 3.05) is 13.6 Å². The van der Waals surface area contributed by atoms with E-state index >= 15 is 0 Å². The maximum Gasteiger partial charge on any atom is 0.191 e. The number of benzene rings is 2. The zero-order valence-corrected chi connectivity index (χ0v) is 15.7. The predicted octanol–water partition coefficient (Wildman–Crippen LogP) is 2.62. The Labute approximate surface area is 160 Å². The molecule has 140 valence electrons. The first kappa shape index (κ1) is 18.6. The Balaban J connectivity index is 1.42. The van der Waals surface area contributed by atoms with Gasteiger partial charge in [0.15, 0.2) is 5.96 Å². The third kappa shape index (κ3) is 6.26. The van der Waals surface area contributed by atoms with Gasteiger partial charge >= 0.3 is 0 Å². The fourth-order valence-electron chi connectivity index (χ4n) is 2.89. The van der Waals surface area contributed by atoms with E-state index in [4.69, 9.17) is 0 Å². The lowest BCUT2D eigenvalue weighted by Crippen LogP contribution is -2.37. The molecule has 2 N–H and O–H groups in total. The minimum absolute atomic E-state index is 0.723. The molecule has 0 aliphatic rings. The van der Waals surface area contributed by atoms with Crippen molar-refractivity contribution in [1.82, 2.24) is 25.4 Å². The van der Waals surface area contributed by atoms with Crippen molar-refractivity contribution in [1.29, 1.82) is 0 Å². The molecule has 6 nitrogen and oxygen atoms in total. The summed E-state index contributed by atoms with van der Waals surface area (Å²) < 4.78 is 1.82. The maximum absolute atomic E-state index is 4.30. The molecular weight excluding hydrogens is 336 g/mol. The summed E-state index contributed by atoms with van der Waals surface area (Å²) in [6.07, 6.45) is 5.41. The molecule has 0 unspecified atom stereocenters. The number of nitrogens with one attached hydrogen (secondary N) is 2. The van der Waals surface area contributed by atoms with Crippen molar-refractivity contribution in [3.63, 3.8) is 0 Å². The lowest BCUT2D eigenvalue weighted by molar-refractivity contribution is 0.683. The Kier molecular flexibility index (Phi) is 6.98. The van der Waals surface area contributed by atoms with Crippen molar-refractivity contribution in [3.8, 4) is 0 Å². The van der Waals surface area contributed by atoms with Crippen LogP contribution in [0, 0.1) is 0 Å². The molecule has 2 aromatic carbocycles. The van der Waals surface area contributed by atoms with Gasteiger partial charge in [0.2, 0.25) is 0 Å². The third-order valence-corrected chi connectivity index (χ3v) is 4.26. The summed E-state index contributed by atoms with van der Waals surface area (Å²) in [4.78, 5) is 8.28. The SMILES string of the molecule is CN=C(NCCCc1ccccc1)NCc1cccc(Cn2cncn2)c1. The van der Waals surface area contributed by atoms with Gasteiger partial charge in [-0.1, -0.05) is 54.6 Å². The average molecular weight is 362 g/mol. The first-order valence-electron chi connectivity index (χ1n) is 9.22. The largest absolute Gasteiger partial charge is 0.356 e. The van der Waals surface area contributed by atoms with Crippen LogP contribution in [-0.4, -0.2) is 34.3 Å². The molecule has 0 aliphatic heterocycles. The number of nitrogens with zero attached hydrogens (tertiary/aromatic N) is 4. The number of hydrogen-bond acceptors (Lipinski definition) is 3. The number of aryl methyl sites for hydroxylation is 1. The summed E-state index contributed by atoms with van der Waals surface area (Å²) in [6, 6.07) is 19.0. The fraction of sp³-hybridized carbons (Fsp3) is 0.286. The fourth-order valence-corrected chi connectivity index (χ4v) is 2.89. The van der Waals surface area contributed by atoms with Crippen LogP contribution >= 0.6 is 0 Å². The highest BCUT2D eigenvalue weighted by atomic mass is 15.3. The number of hydrogen-bond donors (Lipinski definition) is 2. The van der Waals surface area contributed by atoms with Crippen LogP contribution in [0.15, 0.2) is 72.2 Å². The van der Waals surface area contributed by atoms with E-state index in [0.29, 0.717) is 0 Å². The van der Waals surface area contributed by atoms with Crippen molar-refractivity contribution in [2.45, 2.75) is 25.9 Å². The van der Waals surface area contributed by atoms with Gasteiger partial charge in [0, 0.05) is 20.1 Å². The number of aromatic nitrogens is 3. The molecular formula is C21H26N6. The Morgan fingerprint density at radius 2 is 1.81 bits per heavy atom. The zero-order valence-electron chi connectivity index (χ0n) is 15.7. The van der Waals surface area contributed by atoms with E-state index < -0.39 is 0 Å². The van der Waals surface area contributed by atoms with Crippen LogP contribution in [0.1, 0.15) is 23.1 Å². The van der Waals surface area contributed by atoms with Crippen LogP contribution in [-0.2, 0) is 19.5 Å². The van der Waals surface area contributed by atoms with E-state index in [2.05, 4.69) is 80.3 Å². The van der Waals surface area contributed by atoms with Crippen molar-refractivity contribution in [2.24, 2.45) is 4.99 Å². The number of rotatable bonds is 8. The minimum atomic E-state index is 0.723. The van der Waals surface area contributed by atoms with E-state index in [9.17, 15) is 0 Å². The highest BCUT2D eigenvalue weighted by Crippen LogP contribution is 2.06. The quantitative estimate of drug-likeness (QED) is 0.367. The molecule has 0 saturated carbocycles. The van der Waals surface area contributed by atoms with Gasteiger partial charge in [-0.15, -0.1) is 0 Å². The van der Waals surface area contributed by atoms with Gasteiger partial charge in [-0.05, 0) is 29.5 Å². The van der Waals surface area contributed by atoms with Gasteiger partial charge < -0.3 is 10.6 Å². The van der Waals surface area contributed by atoms with Gasteiger partial charge in [-0.3, -0.25) is 4.99 Å². The lowest BCUT2D eigenvalue weighted by atomic mass is 10.1. The van der Waals surface area contributed by atoms with Gasteiger partial charge in [0.25, 0.3) is 0 Å². The summed E-state index contributed by atoms with van der Waals surface area (Å²) in [7, 11) is 1.80. The standard InChI is InChI=1S/C21H26N6/c1-22-21(24-12-6-11-18-7-3-2-4-8-18)25-14-19-9-5-10-20(13-19)15-27-17-23-16-26-27/h2-5,7-10,13,16-17H,6,11-12,14-15H2,1H3,(H2,22,24,25). The van der Waals surface area contributed by atoms with E-state index in [-0.39, 0.29) is 0 Å². The van der Waals surface area contributed by atoms with Crippen LogP contribution < -0.4 is 10.6 Å². The predicted molar refractivity (Wildman–Crippen MR) is 109 cm³/mol. The highest BCUT2D eigenvalue weighted by molar-refractivity contribution is 5.79. The van der Waals surface area contributed by atoms with E-state index in [1.54, 1.807) is 19.7 Å². The molecule has 1 aromatic heterocycles. The Morgan fingerprint density at radius 1 is 1.00 bits per heavy atom. The van der Waals surface area contributed by atoms with Gasteiger partial charge in [-0.25, -0.2) is 9.67 Å². The van der Waals surface area contributed by atoms with Gasteiger partial charge in [0.1, 0.15) is 12.7 Å². The molecule has 3 aromatic rings. The summed E-state index contributed by atoms with van der Waals surface area (Å²) in [5, 5.41) is 10.9. The van der Waals surface area contributed by atoms with Crippen molar-refractivity contribution < 1.29 is 0 Å². The molecule has 0 atom stereocenters. The molecule has 0 amide bonds. The van der Waals surface area contributed by atoms with E-state index in [0.717, 1.165) is 38.4 Å². The second kappa shape index (κ2) is 10.1. The van der Waals surface area contributed by atoms with Crippen molar-refractivity contribution in [3.05, 3.63) is 83.9 Å². The molecule has 0 bridgehead atoms. The average Bonchev–Trinajstić information content (AvgIpc) is 3.21. The normalized spacial score (nSPS) is 11.4. The Morgan fingerprint density at radius 3 is 2.59 bits per heavy atom. The molecule has 0 fully saturated rings. The molecule has 6 heteroatoms. The summed E-state index contributed by atoms with van der Waals surface area (Å²) in [5.41, 5.74) is 3.77. The lowest BCUT2D eigenvalue weighted by Gasteiger charge is -2.12. The topological polar surface area (TPSA) is 67.1 Å². The molecule has 0 saturated heterocycles. The monoisotopic (exact) mass is 362 g/mol. The van der Waals surface area contributed by atoms with Crippen LogP contribution in [0.3, 0.4) is 0 Å². The first-order chi connectivity index (χ1) is 13.3. The summed E-state index contributed by atoms with van der Waals surface area (Å²) >= 11 is 0. The molecule has 1 heterocycles. The molecule has 0 aliphatic carbocycles. The smallest absolute Gasteiger partial charge is 0.191 e. The van der Waals surface area contributed by atoms with Crippen molar-refractivity contribution >= 4 is 5.96 Å². The first-order valence-corrected chi connectivity index (χ1v) is 9.22. The Bertz CT molecular complexity index is 827. The van der Waals surface area contributed by atoms with Gasteiger partial charge in [0.05, 0.1) is 6.54 Å². The molecule has 0 radical (unpaired) electrons.